The number of para-hydroxylation sites is 2. The molecule has 0 spiro atoms. The number of benzene rings is 2. The SMILES string of the molecule is C[C@@H]1CCCN(C(=O)c2ccccc2Oc2ccccc2)[C@@H]1CCc1ccc(C(F)(F)F)cn1. The molecular weight excluding hydrogens is 441 g/mol. The summed E-state index contributed by atoms with van der Waals surface area (Å²) in [6, 6.07) is 19.0. The summed E-state index contributed by atoms with van der Waals surface area (Å²) in [5.74, 6) is 1.33. The number of aromatic nitrogens is 1. The van der Waals surface area contributed by atoms with Crippen molar-refractivity contribution in [2.75, 3.05) is 6.54 Å². The highest BCUT2D eigenvalue weighted by Crippen LogP contribution is 2.32. The lowest BCUT2D eigenvalue weighted by atomic mass is 9.87. The zero-order valence-corrected chi connectivity index (χ0v) is 19.0. The van der Waals surface area contributed by atoms with E-state index in [1.165, 1.54) is 6.07 Å². The van der Waals surface area contributed by atoms with Gasteiger partial charge in [-0.05, 0) is 68.0 Å². The fraction of sp³-hybridized carbons (Fsp3) is 0.333. The highest BCUT2D eigenvalue weighted by atomic mass is 19.4. The summed E-state index contributed by atoms with van der Waals surface area (Å²) in [7, 11) is 0. The van der Waals surface area contributed by atoms with Gasteiger partial charge in [0.1, 0.15) is 11.5 Å². The smallest absolute Gasteiger partial charge is 0.417 e. The lowest BCUT2D eigenvalue weighted by molar-refractivity contribution is -0.137. The van der Waals surface area contributed by atoms with Gasteiger partial charge in [-0.2, -0.15) is 13.2 Å². The molecule has 0 unspecified atom stereocenters. The van der Waals surface area contributed by atoms with E-state index in [-0.39, 0.29) is 17.9 Å². The number of likely N-dealkylation sites (tertiary alicyclic amines) is 1. The van der Waals surface area contributed by atoms with Gasteiger partial charge >= 0.3 is 6.18 Å². The van der Waals surface area contributed by atoms with E-state index in [1.807, 2.05) is 47.4 Å². The van der Waals surface area contributed by atoms with Gasteiger partial charge in [-0.25, -0.2) is 0 Å². The molecule has 178 valence electrons. The Morgan fingerprint density at radius 1 is 1.06 bits per heavy atom. The number of rotatable bonds is 6. The first-order valence-corrected chi connectivity index (χ1v) is 11.5. The van der Waals surface area contributed by atoms with Crippen molar-refractivity contribution in [1.29, 1.82) is 0 Å². The van der Waals surface area contributed by atoms with Crippen molar-refractivity contribution >= 4 is 5.91 Å². The van der Waals surface area contributed by atoms with Gasteiger partial charge in [-0.1, -0.05) is 37.3 Å². The Morgan fingerprint density at radius 2 is 1.79 bits per heavy atom. The van der Waals surface area contributed by atoms with Gasteiger partial charge in [0.25, 0.3) is 5.91 Å². The second kappa shape index (κ2) is 10.3. The first-order chi connectivity index (χ1) is 16.3. The van der Waals surface area contributed by atoms with Crippen molar-refractivity contribution in [3.05, 3.63) is 89.7 Å². The van der Waals surface area contributed by atoms with Gasteiger partial charge < -0.3 is 9.64 Å². The number of ether oxygens (including phenoxy) is 1. The monoisotopic (exact) mass is 468 g/mol. The summed E-state index contributed by atoms with van der Waals surface area (Å²) in [5, 5.41) is 0. The second-order valence-electron chi connectivity index (χ2n) is 8.67. The van der Waals surface area contributed by atoms with E-state index < -0.39 is 11.7 Å². The van der Waals surface area contributed by atoms with Crippen LogP contribution >= 0.6 is 0 Å². The van der Waals surface area contributed by atoms with Gasteiger partial charge in [-0.15, -0.1) is 0 Å². The average Bonchev–Trinajstić information content (AvgIpc) is 2.83. The molecule has 0 bridgehead atoms. The van der Waals surface area contributed by atoms with Crippen LogP contribution in [0.25, 0.3) is 0 Å². The van der Waals surface area contributed by atoms with Crippen molar-refractivity contribution in [3.8, 4) is 11.5 Å². The van der Waals surface area contributed by atoms with E-state index in [1.54, 1.807) is 12.1 Å². The fourth-order valence-corrected chi connectivity index (χ4v) is 4.48. The summed E-state index contributed by atoms with van der Waals surface area (Å²) in [4.78, 5) is 19.5. The predicted molar refractivity (Wildman–Crippen MR) is 124 cm³/mol. The second-order valence-corrected chi connectivity index (χ2v) is 8.67. The maximum Gasteiger partial charge on any atom is 0.417 e. The molecule has 1 aliphatic rings. The molecule has 1 fully saturated rings. The molecule has 4 nitrogen and oxygen atoms in total. The third-order valence-corrected chi connectivity index (χ3v) is 6.31. The quantitative estimate of drug-likeness (QED) is 0.401. The molecule has 1 aliphatic heterocycles. The molecule has 0 saturated carbocycles. The molecule has 2 aromatic carbocycles. The van der Waals surface area contributed by atoms with Crippen molar-refractivity contribution in [3.63, 3.8) is 0 Å². The molecule has 34 heavy (non-hydrogen) atoms. The molecular formula is C27H27F3N2O2. The van der Waals surface area contributed by atoms with Crippen molar-refractivity contribution in [2.24, 2.45) is 5.92 Å². The van der Waals surface area contributed by atoms with Gasteiger partial charge in [0, 0.05) is 24.5 Å². The molecule has 1 amide bonds. The van der Waals surface area contributed by atoms with E-state index in [2.05, 4.69) is 11.9 Å². The number of carbonyl (C=O) groups is 1. The van der Waals surface area contributed by atoms with Gasteiger partial charge in [-0.3, -0.25) is 9.78 Å². The van der Waals surface area contributed by atoms with Gasteiger partial charge in [0.2, 0.25) is 0 Å². The zero-order valence-electron chi connectivity index (χ0n) is 19.0. The van der Waals surface area contributed by atoms with E-state index in [0.717, 1.165) is 25.1 Å². The molecule has 1 aromatic heterocycles. The number of piperidine rings is 1. The number of halogens is 3. The third kappa shape index (κ3) is 5.58. The minimum atomic E-state index is -4.40. The van der Waals surface area contributed by atoms with Crippen LogP contribution < -0.4 is 4.74 Å². The summed E-state index contributed by atoms with van der Waals surface area (Å²) >= 11 is 0. The highest BCUT2D eigenvalue weighted by molar-refractivity contribution is 5.97. The van der Waals surface area contributed by atoms with Gasteiger partial charge in [0.15, 0.2) is 0 Å². The highest BCUT2D eigenvalue weighted by Gasteiger charge is 2.34. The number of hydrogen-bond acceptors (Lipinski definition) is 3. The standard InChI is InChI=1S/C27H27F3N2O2/c1-19-8-7-17-32(24(19)16-15-21-14-13-20(18-31-21)27(28,29)30)26(33)23-11-5-6-12-25(23)34-22-9-3-2-4-10-22/h2-6,9-14,18-19,24H,7-8,15-17H2,1H3/t19-,24-/m1/s1. The molecule has 2 atom stereocenters. The molecule has 1 saturated heterocycles. The molecule has 2 heterocycles. The van der Waals surface area contributed by atoms with Crippen LogP contribution in [-0.4, -0.2) is 28.4 Å². The van der Waals surface area contributed by atoms with Crippen molar-refractivity contribution in [2.45, 2.75) is 44.8 Å². The van der Waals surface area contributed by atoms with E-state index in [9.17, 15) is 18.0 Å². The Labute approximate surface area is 197 Å². The molecule has 7 heteroatoms. The lowest BCUT2D eigenvalue weighted by Crippen LogP contribution is -2.48. The molecule has 0 radical (unpaired) electrons. The summed E-state index contributed by atoms with van der Waals surface area (Å²) < 4.78 is 44.5. The minimum Gasteiger partial charge on any atom is -0.457 e. The zero-order chi connectivity index (χ0) is 24.1. The maximum absolute atomic E-state index is 13.6. The fourth-order valence-electron chi connectivity index (χ4n) is 4.48. The third-order valence-electron chi connectivity index (χ3n) is 6.31. The van der Waals surface area contributed by atoms with E-state index in [0.29, 0.717) is 42.1 Å². The van der Waals surface area contributed by atoms with Crippen LogP contribution in [0.5, 0.6) is 11.5 Å². The number of alkyl halides is 3. The Bertz CT molecular complexity index is 1100. The van der Waals surface area contributed by atoms with Crippen LogP contribution in [0.4, 0.5) is 13.2 Å². The van der Waals surface area contributed by atoms with Crippen molar-refractivity contribution < 1.29 is 22.7 Å². The number of aryl methyl sites for hydroxylation is 1. The maximum atomic E-state index is 13.6. The molecule has 3 aromatic rings. The van der Waals surface area contributed by atoms with Crippen LogP contribution in [0, 0.1) is 5.92 Å². The number of carbonyl (C=O) groups excluding carboxylic acids is 1. The molecule has 4 rings (SSSR count). The topological polar surface area (TPSA) is 42.4 Å². The first-order valence-electron chi connectivity index (χ1n) is 11.5. The normalized spacial score (nSPS) is 18.5. The number of amides is 1. The minimum absolute atomic E-state index is 0.0323. The lowest BCUT2D eigenvalue weighted by Gasteiger charge is -2.40. The summed E-state index contributed by atoms with van der Waals surface area (Å²) in [5.41, 5.74) is 0.332. The van der Waals surface area contributed by atoms with Gasteiger partial charge in [0.05, 0.1) is 11.1 Å². The largest absolute Gasteiger partial charge is 0.457 e. The Hall–Kier alpha value is -3.35. The van der Waals surface area contributed by atoms with Crippen LogP contribution in [-0.2, 0) is 12.6 Å². The van der Waals surface area contributed by atoms with Crippen molar-refractivity contribution in [1.82, 2.24) is 9.88 Å². The Morgan fingerprint density at radius 3 is 2.50 bits per heavy atom. The summed E-state index contributed by atoms with van der Waals surface area (Å²) in [6.45, 7) is 2.75. The Kier molecular flexibility index (Phi) is 7.20. The first kappa shape index (κ1) is 23.8. The average molecular weight is 469 g/mol. The summed E-state index contributed by atoms with van der Waals surface area (Å²) in [6.07, 6.45) is -0.492. The van der Waals surface area contributed by atoms with E-state index in [4.69, 9.17) is 4.74 Å². The number of pyridine rings is 1. The Balaban J connectivity index is 1.50. The van der Waals surface area contributed by atoms with Crippen LogP contribution in [0.1, 0.15) is 47.8 Å². The van der Waals surface area contributed by atoms with E-state index >= 15 is 0 Å². The van der Waals surface area contributed by atoms with Crippen LogP contribution in [0.2, 0.25) is 0 Å². The van der Waals surface area contributed by atoms with Crippen LogP contribution in [0.3, 0.4) is 0 Å². The molecule has 0 N–H and O–H groups in total. The number of hydrogen-bond donors (Lipinski definition) is 0. The van der Waals surface area contributed by atoms with Crippen LogP contribution in [0.15, 0.2) is 72.9 Å². The predicted octanol–water partition coefficient (Wildman–Crippen LogP) is 6.77. The number of nitrogens with zero attached hydrogens (tertiary/aromatic N) is 2. The molecule has 0 aliphatic carbocycles.